The first-order valence-electron chi connectivity index (χ1n) is 15.0. The molecule has 1 saturated carbocycles. The number of nitrogens with zero attached hydrogens (tertiary/aromatic N) is 2. The number of carbonyl (C=O) groups excluding carboxylic acids is 2. The van der Waals surface area contributed by atoms with Crippen molar-refractivity contribution >= 4 is 17.9 Å². The third kappa shape index (κ3) is 10.6. The molecule has 2 aliphatic rings. The van der Waals surface area contributed by atoms with Crippen molar-refractivity contribution in [3.8, 4) is 11.5 Å². The molecule has 0 aromatic heterocycles. The number of phenols is 2. The van der Waals surface area contributed by atoms with Crippen LogP contribution in [0.15, 0.2) is 35.5 Å². The van der Waals surface area contributed by atoms with Gasteiger partial charge in [0.25, 0.3) is 5.91 Å². The van der Waals surface area contributed by atoms with Gasteiger partial charge in [-0.15, -0.1) is 0 Å². The fraction of sp³-hybridized carbons (Fsp3) is 0.594. The zero-order valence-corrected chi connectivity index (χ0v) is 25.0. The number of carbonyl (C=O) groups is 2. The van der Waals surface area contributed by atoms with E-state index >= 15 is 0 Å². The van der Waals surface area contributed by atoms with Gasteiger partial charge in [-0.3, -0.25) is 9.59 Å². The molecule has 10 heteroatoms. The number of aromatic hydroxyl groups is 2. The molecule has 0 spiro atoms. The lowest BCUT2D eigenvalue weighted by molar-refractivity contribution is -0.137. The smallest absolute Gasteiger partial charge is 0.263 e. The first kappa shape index (κ1) is 33.3. The number of nitrogens with two attached hydrogens (primary N) is 1. The first-order valence-corrected chi connectivity index (χ1v) is 15.0. The fourth-order valence-electron chi connectivity index (χ4n) is 4.88. The predicted molar refractivity (Wildman–Crippen MR) is 162 cm³/mol. The number of methoxy groups -OCH3 is 1. The van der Waals surface area contributed by atoms with E-state index in [1.54, 1.807) is 18.1 Å². The van der Waals surface area contributed by atoms with Crippen molar-refractivity contribution in [1.82, 2.24) is 4.90 Å². The third-order valence-corrected chi connectivity index (χ3v) is 7.61. The molecule has 1 aliphatic heterocycles. The molecular formula is C32H47N3O7. The number of hydrogen-bond donors (Lipinski definition) is 3. The van der Waals surface area contributed by atoms with E-state index in [0.717, 1.165) is 56.8 Å². The molecule has 1 amide bonds. The summed E-state index contributed by atoms with van der Waals surface area (Å²) < 4.78 is 11.3. The van der Waals surface area contributed by atoms with E-state index in [2.05, 4.69) is 5.16 Å². The summed E-state index contributed by atoms with van der Waals surface area (Å²) in [4.78, 5) is 32.0. The summed E-state index contributed by atoms with van der Waals surface area (Å²) in [6.45, 7) is 4.27. The van der Waals surface area contributed by atoms with Crippen molar-refractivity contribution in [2.24, 2.45) is 10.9 Å². The van der Waals surface area contributed by atoms with Crippen molar-refractivity contribution in [2.75, 3.05) is 40.0 Å². The lowest BCUT2D eigenvalue weighted by atomic mass is 9.93. The summed E-state index contributed by atoms with van der Waals surface area (Å²) in [5.74, 6) is -0.574. The van der Waals surface area contributed by atoms with Crippen LogP contribution in [0.3, 0.4) is 0 Å². The molecule has 1 saturated heterocycles. The molecule has 10 nitrogen and oxygen atoms in total. The van der Waals surface area contributed by atoms with Gasteiger partial charge in [-0.2, -0.15) is 0 Å². The molecule has 1 aromatic rings. The van der Waals surface area contributed by atoms with E-state index in [0.29, 0.717) is 43.9 Å². The standard InChI is InChI=1S/C32H47N3O7/c1-23(40-2)9-6-11-26(41-18-8-15-33)12-7-10-25(34-42-22-31(38)35-16-4-3-5-17-35)19-28-29(21-36)27(24-13-14-24)20-30(37)32(28)39/h6-7,10-11,20-21,23-24,26,37,39H,3-5,8-9,12-19,22,33H2,1-2H3/b10-7+,11-6+,34-25+/t23-,26?/m1/s1. The van der Waals surface area contributed by atoms with Crippen LogP contribution in [-0.4, -0.2) is 85.2 Å². The van der Waals surface area contributed by atoms with Gasteiger partial charge in [0.2, 0.25) is 0 Å². The molecule has 1 aliphatic carbocycles. The van der Waals surface area contributed by atoms with Crippen LogP contribution < -0.4 is 5.73 Å². The second-order valence-corrected chi connectivity index (χ2v) is 11.0. The SMILES string of the molecule is CO[C@H](C)C/C=C/C(C/C=C/C(Cc1c(O)c(O)cc(C2CC2)c1C=O)=N\OCC(=O)N1CCCCC1)OCCCN. The molecule has 0 radical (unpaired) electrons. The Kier molecular flexibility index (Phi) is 14.0. The number of piperidine rings is 1. The van der Waals surface area contributed by atoms with Gasteiger partial charge >= 0.3 is 0 Å². The summed E-state index contributed by atoms with van der Waals surface area (Å²) in [7, 11) is 1.67. The molecule has 4 N–H and O–H groups in total. The number of likely N-dealkylation sites (tertiary alicyclic amines) is 1. The van der Waals surface area contributed by atoms with Crippen LogP contribution in [0.5, 0.6) is 11.5 Å². The average molecular weight is 586 g/mol. The Balaban J connectivity index is 1.80. The maximum atomic E-state index is 12.6. The number of hydrogen-bond acceptors (Lipinski definition) is 9. The van der Waals surface area contributed by atoms with Crippen LogP contribution in [-0.2, 0) is 25.5 Å². The minimum Gasteiger partial charge on any atom is -0.504 e. The minimum atomic E-state index is -0.356. The monoisotopic (exact) mass is 585 g/mol. The van der Waals surface area contributed by atoms with E-state index < -0.39 is 0 Å². The number of benzene rings is 1. The zero-order chi connectivity index (χ0) is 30.3. The molecule has 1 unspecified atom stereocenters. The number of allylic oxidation sites excluding steroid dienone is 1. The molecule has 0 bridgehead atoms. The Morgan fingerprint density at radius 2 is 1.95 bits per heavy atom. The molecule has 3 rings (SSSR count). The Bertz CT molecular complexity index is 1110. The van der Waals surface area contributed by atoms with Gasteiger partial charge in [-0.25, -0.2) is 0 Å². The van der Waals surface area contributed by atoms with Crippen LogP contribution in [0.4, 0.5) is 0 Å². The van der Waals surface area contributed by atoms with Gasteiger partial charge in [0, 0.05) is 44.4 Å². The summed E-state index contributed by atoms with van der Waals surface area (Å²) in [5.41, 5.74) is 7.39. The van der Waals surface area contributed by atoms with Gasteiger partial charge < -0.3 is 35.2 Å². The largest absolute Gasteiger partial charge is 0.504 e. The van der Waals surface area contributed by atoms with E-state index in [1.807, 2.05) is 25.2 Å². The maximum absolute atomic E-state index is 12.6. The Morgan fingerprint density at radius 3 is 2.62 bits per heavy atom. The van der Waals surface area contributed by atoms with Crippen molar-refractivity contribution < 1.29 is 34.1 Å². The third-order valence-electron chi connectivity index (χ3n) is 7.61. The van der Waals surface area contributed by atoms with Gasteiger partial charge in [0.05, 0.1) is 17.9 Å². The first-order chi connectivity index (χ1) is 20.4. The van der Waals surface area contributed by atoms with Crippen molar-refractivity contribution in [3.63, 3.8) is 0 Å². The van der Waals surface area contributed by atoms with Gasteiger partial charge in [-0.05, 0) is 88.5 Å². The molecule has 2 atom stereocenters. The van der Waals surface area contributed by atoms with Crippen LogP contribution in [0.2, 0.25) is 0 Å². The number of phenolic OH excluding ortho intramolecular Hbond substituents is 2. The number of aldehydes is 1. The van der Waals surface area contributed by atoms with Gasteiger partial charge in [0.1, 0.15) is 0 Å². The highest BCUT2D eigenvalue weighted by Crippen LogP contribution is 2.46. The number of rotatable bonds is 18. The van der Waals surface area contributed by atoms with Crippen LogP contribution in [0, 0.1) is 0 Å². The summed E-state index contributed by atoms with van der Waals surface area (Å²) in [5, 5.41) is 25.4. The zero-order valence-electron chi connectivity index (χ0n) is 25.0. The van der Waals surface area contributed by atoms with E-state index in [4.69, 9.17) is 20.0 Å². The summed E-state index contributed by atoms with van der Waals surface area (Å²) in [6.07, 6.45) is 15.2. The topological polar surface area (TPSA) is 144 Å². The minimum absolute atomic E-state index is 0.0301. The van der Waals surface area contributed by atoms with Crippen molar-refractivity contribution in [2.45, 2.75) is 82.8 Å². The lowest BCUT2D eigenvalue weighted by Crippen LogP contribution is -2.37. The van der Waals surface area contributed by atoms with E-state index in [1.165, 1.54) is 6.07 Å². The highest BCUT2D eigenvalue weighted by molar-refractivity contribution is 5.98. The molecule has 1 heterocycles. The Labute approximate surface area is 249 Å². The fourth-order valence-corrected chi connectivity index (χ4v) is 4.88. The number of amides is 1. The van der Waals surface area contributed by atoms with Crippen LogP contribution in [0.25, 0.3) is 0 Å². The van der Waals surface area contributed by atoms with Gasteiger partial charge in [0.15, 0.2) is 24.4 Å². The summed E-state index contributed by atoms with van der Waals surface area (Å²) in [6, 6.07) is 1.47. The maximum Gasteiger partial charge on any atom is 0.263 e. The lowest BCUT2D eigenvalue weighted by Gasteiger charge is -2.26. The summed E-state index contributed by atoms with van der Waals surface area (Å²) >= 11 is 0. The molecule has 1 aromatic carbocycles. The Hall–Kier alpha value is -3.21. The predicted octanol–water partition coefficient (Wildman–Crippen LogP) is 4.38. The normalized spacial score (nSPS) is 17.6. The number of ether oxygens (including phenoxy) is 2. The highest BCUT2D eigenvalue weighted by Gasteiger charge is 2.30. The second kappa shape index (κ2) is 17.7. The average Bonchev–Trinajstić information content (AvgIpc) is 3.85. The Morgan fingerprint density at radius 1 is 1.19 bits per heavy atom. The van der Waals surface area contributed by atoms with E-state index in [-0.39, 0.29) is 54.1 Å². The van der Waals surface area contributed by atoms with Crippen LogP contribution >= 0.6 is 0 Å². The molecular weight excluding hydrogens is 538 g/mol. The second-order valence-electron chi connectivity index (χ2n) is 11.0. The quantitative estimate of drug-likeness (QED) is 0.0575. The van der Waals surface area contributed by atoms with Crippen molar-refractivity contribution in [1.29, 1.82) is 0 Å². The number of oxime groups is 1. The molecule has 42 heavy (non-hydrogen) atoms. The molecule has 2 fully saturated rings. The van der Waals surface area contributed by atoms with E-state index in [9.17, 15) is 19.8 Å². The van der Waals surface area contributed by atoms with Crippen LogP contribution in [0.1, 0.15) is 85.7 Å². The molecule has 232 valence electrons. The highest BCUT2D eigenvalue weighted by atomic mass is 16.6. The van der Waals surface area contributed by atoms with Gasteiger partial charge in [-0.1, -0.05) is 23.4 Å². The van der Waals surface area contributed by atoms with Crippen molar-refractivity contribution in [3.05, 3.63) is 47.1 Å².